The molecule has 1 aliphatic carbocycles. The lowest BCUT2D eigenvalue weighted by atomic mass is 9.95. The minimum absolute atomic E-state index is 0.320. The third kappa shape index (κ3) is 2.06. The second kappa shape index (κ2) is 4.57. The predicted molar refractivity (Wildman–Crippen MR) is 66.8 cm³/mol. The van der Waals surface area contributed by atoms with Crippen LogP contribution in [0.5, 0.6) is 0 Å². The highest BCUT2D eigenvalue weighted by Gasteiger charge is 2.31. The molecule has 1 heteroatoms. The van der Waals surface area contributed by atoms with Gasteiger partial charge in [0.2, 0.25) is 0 Å². The summed E-state index contributed by atoms with van der Waals surface area (Å²) in [7, 11) is 0. The quantitative estimate of drug-likeness (QED) is 0.652. The van der Waals surface area contributed by atoms with Gasteiger partial charge in [-0.15, -0.1) is 11.6 Å². The van der Waals surface area contributed by atoms with Crippen molar-refractivity contribution in [3.05, 3.63) is 35.4 Å². The van der Waals surface area contributed by atoms with Crippen LogP contribution < -0.4 is 0 Å². The number of alkyl halides is 1. The van der Waals surface area contributed by atoms with Gasteiger partial charge >= 0.3 is 0 Å². The zero-order chi connectivity index (χ0) is 10.8. The summed E-state index contributed by atoms with van der Waals surface area (Å²) in [5, 5.41) is 0.320. The van der Waals surface area contributed by atoms with Crippen LogP contribution >= 0.6 is 11.6 Å². The van der Waals surface area contributed by atoms with Crippen molar-refractivity contribution in [2.45, 2.75) is 50.3 Å². The van der Waals surface area contributed by atoms with E-state index in [2.05, 4.69) is 38.1 Å². The fraction of sp³-hybridized carbons (Fsp3) is 0.571. The lowest BCUT2D eigenvalue weighted by molar-refractivity contribution is 0.558. The summed E-state index contributed by atoms with van der Waals surface area (Å²) >= 11 is 6.48. The van der Waals surface area contributed by atoms with E-state index < -0.39 is 0 Å². The second-order valence-electron chi connectivity index (χ2n) is 4.68. The Kier molecular flexibility index (Phi) is 3.35. The Morgan fingerprint density at radius 2 is 2.00 bits per heavy atom. The highest BCUT2D eigenvalue weighted by Crippen LogP contribution is 2.45. The smallest absolute Gasteiger partial charge is 0.0404 e. The van der Waals surface area contributed by atoms with E-state index in [0.29, 0.717) is 17.2 Å². The monoisotopic (exact) mass is 222 g/mol. The van der Waals surface area contributed by atoms with Gasteiger partial charge in [0.05, 0.1) is 0 Å². The maximum atomic E-state index is 6.48. The molecule has 2 rings (SSSR count). The normalized spacial score (nSPS) is 26.3. The van der Waals surface area contributed by atoms with Gasteiger partial charge in [0.25, 0.3) is 0 Å². The van der Waals surface area contributed by atoms with Crippen molar-refractivity contribution >= 4 is 11.6 Å². The molecule has 0 saturated heterocycles. The summed E-state index contributed by atoms with van der Waals surface area (Å²) in [4.78, 5) is 0. The van der Waals surface area contributed by atoms with Crippen LogP contribution in [0.15, 0.2) is 24.3 Å². The van der Waals surface area contributed by atoms with E-state index >= 15 is 0 Å². The van der Waals surface area contributed by atoms with Crippen LogP contribution in [0.4, 0.5) is 0 Å². The van der Waals surface area contributed by atoms with Crippen LogP contribution in [0, 0.1) is 0 Å². The van der Waals surface area contributed by atoms with E-state index in [1.54, 1.807) is 0 Å². The summed E-state index contributed by atoms with van der Waals surface area (Å²) < 4.78 is 0. The van der Waals surface area contributed by atoms with Gasteiger partial charge in [0.1, 0.15) is 0 Å². The first-order valence-corrected chi connectivity index (χ1v) is 6.40. The van der Waals surface area contributed by atoms with E-state index in [1.165, 1.54) is 24.0 Å². The topological polar surface area (TPSA) is 0 Å². The van der Waals surface area contributed by atoms with E-state index in [1.807, 2.05) is 0 Å². The van der Waals surface area contributed by atoms with Crippen molar-refractivity contribution < 1.29 is 0 Å². The van der Waals surface area contributed by atoms with Crippen molar-refractivity contribution in [2.24, 2.45) is 0 Å². The van der Waals surface area contributed by atoms with Gasteiger partial charge in [-0.25, -0.2) is 0 Å². The van der Waals surface area contributed by atoms with Gasteiger partial charge in [-0.3, -0.25) is 0 Å². The summed E-state index contributed by atoms with van der Waals surface area (Å²) in [6.07, 6.45) is 3.54. The van der Waals surface area contributed by atoms with Crippen LogP contribution in [0.25, 0.3) is 0 Å². The fourth-order valence-electron chi connectivity index (χ4n) is 2.75. The number of hydrogen-bond acceptors (Lipinski definition) is 0. The average Bonchev–Trinajstić information content (AvgIpc) is 2.58. The van der Waals surface area contributed by atoms with Crippen molar-refractivity contribution in [3.8, 4) is 0 Å². The molecule has 1 aromatic carbocycles. The van der Waals surface area contributed by atoms with Crippen LogP contribution in [0.3, 0.4) is 0 Å². The fourth-order valence-corrected chi connectivity index (χ4v) is 3.21. The third-order valence-corrected chi connectivity index (χ3v) is 4.06. The van der Waals surface area contributed by atoms with Gasteiger partial charge in [-0.05, 0) is 29.9 Å². The average molecular weight is 223 g/mol. The molecule has 0 radical (unpaired) electrons. The minimum atomic E-state index is 0.320. The van der Waals surface area contributed by atoms with Crippen LogP contribution in [0.2, 0.25) is 0 Å². The zero-order valence-corrected chi connectivity index (χ0v) is 10.3. The lowest BCUT2D eigenvalue weighted by Crippen LogP contribution is -2.09. The van der Waals surface area contributed by atoms with Crippen LogP contribution in [-0.4, -0.2) is 5.38 Å². The predicted octanol–water partition coefficient (Wildman–Crippen LogP) is 4.68. The number of hydrogen-bond donors (Lipinski definition) is 0. The van der Waals surface area contributed by atoms with Crippen molar-refractivity contribution in [3.63, 3.8) is 0 Å². The maximum Gasteiger partial charge on any atom is 0.0404 e. The van der Waals surface area contributed by atoms with Crippen molar-refractivity contribution in [2.75, 3.05) is 0 Å². The molecule has 0 spiro atoms. The molecule has 0 bridgehead atoms. The Morgan fingerprint density at radius 1 is 1.33 bits per heavy atom. The molecule has 0 heterocycles. The molecule has 0 saturated carbocycles. The largest absolute Gasteiger partial charge is 0.122 e. The summed E-state index contributed by atoms with van der Waals surface area (Å²) in [6.45, 7) is 4.52. The number of benzene rings is 1. The van der Waals surface area contributed by atoms with Crippen LogP contribution in [-0.2, 0) is 0 Å². The van der Waals surface area contributed by atoms with Gasteiger partial charge in [-0.2, -0.15) is 0 Å². The SMILES string of the molecule is CCCC(Cl)C1CC(C)c2ccccc21. The molecule has 15 heavy (non-hydrogen) atoms. The van der Waals surface area contributed by atoms with E-state index in [9.17, 15) is 0 Å². The highest BCUT2D eigenvalue weighted by molar-refractivity contribution is 6.21. The molecule has 1 aliphatic rings. The molecule has 3 atom stereocenters. The van der Waals surface area contributed by atoms with Gasteiger partial charge < -0.3 is 0 Å². The summed E-state index contributed by atoms with van der Waals surface area (Å²) in [5.41, 5.74) is 3.02. The molecule has 0 N–H and O–H groups in total. The molecule has 0 aromatic heterocycles. The first-order valence-electron chi connectivity index (χ1n) is 5.97. The minimum Gasteiger partial charge on any atom is -0.122 e. The second-order valence-corrected chi connectivity index (χ2v) is 5.24. The Hall–Kier alpha value is -0.490. The third-order valence-electron chi connectivity index (χ3n) is 3.53. The Labute approximate surface area is 97.6 Å². The highest BCUT2D eigenvalue weighted by atomic mass is 35.5. The lowest BCUT2D eigenvalue weighted by Gasteiger charge is -2.17. The van der Waals surface area contributed by atoms with E-state index in [4.69, 9.17) is 11.6 Å². The van der Waals surface area contributed by atoms with Crippen LogP contribution in [0.1, 0.15) is 56.1 Å². The van der Waals surface area contributed by atoms with E-state index in [-0.39, 0.29) is 0 Å². The molecule has 82 valence electrons. The molecule has 0 amide bonds. The first-order chi connectivity index (χ1) is 7.24. The standard InChI is InChI=1S/C14H19Cl/c1-3-6-14(15)13-9-10(2)11-7-4-5-8-12(11)13/h4-5,7-8,10,13-14H,3,6,9H2,1-2H3. The number of rotatable bonds is 3. The Morgan fingerprint density at radius 3 is 2.67 bits per heavy atom. The van der Waals surface area contributed by atoms with Gasteiger partial charge in [-0.1, -0.05) is 44.5 Å². The van der Waals surface area contributed by atoms with Gasteiger partial charge in [0.15, 0.2) is 0 Å². The molecular formula is C14H19Cl. The van der Waals surface area contributed by atoms with Crippen molar-refractivity contribution in [1.29, 1.82) is 0 Å². The molecule has 3 unspecified atom stereocenters. The molecule has 0 aliphatic heterocycles. The molecule has 0 fully saturated rings. The Bertz CT molecular complexity index is 332. The molecular weight excluding hydrogens is 204 g/mol. The van der Waals surface area contributed by atoms with Crippen molar-refractivity contribution in [1.82, 2.24) is 0 Å². The van der Waals surface area contributed by atoms with Gasteiger partial charge in [0, 0.05) is 11.3 Å². The summed E-state index contributed by atoms with van der Waals surface area (Å²) in [6, 6.07) is 8.80. The summed E-state index contributed by atoms with van der Waals surface area (Å²) in [5.74, 6) is 1.27. The Balaban J connectivity index is 2.24. The van der Waals surface area contributed by atoms with E-state index in [0.717, 1.165) is 6.42 Å². The molecule has 0 nitrogen and oxygen atoms in total. The first kappa shape index (κ1) is 11.0. The molecule has 1 aromatic rings. The maximum absolute atomic E-state index is 6.48. The number of halogens is 1. The zero-order valence-electron chi connectivity index (χ0n) is 9.54. The number of fused-ring (bicyclic) bond motifs is 1.